The number of hydrogen-bond acceptors (Lipinski definition) is 3. The van der Waals surface area contributed by atoms with Crippen molar-refractivity contribution in [3.8, 4) is 0 Å². The highest BCUT2D eigenvalue weighted by atomic mass is 16.4. The number of hydrogen-bond donors (Lipinski definition) is 1. The van der Waals surface area contributed by atoms with Gasteiger partial charge in [0.15, 0.2) is 0 Å². The van der Waals surface area contributed by atoms with E-state index in [1.807, 2.05) is 6.07 Å². The van der Waals surface area contributed by atoms with Crippen LogP contribution in [0.25, 0.3) is 0 Å². The molecule has 1 heterocycles. The van der Waals surface area contributed by atoms with Crippen molar-refractivity contribution in [2.24, 2.45) is 11.1 Å². The summed E-state index contributed by atoms with van der Waals surface area (Å²) in [6, 6.07) is 8.29. The van der Waals surface area contributed by atoms with Crippen LogP contribution in [-0.4, -0.2) is 24.0 Å². The second kappa shape index (κ2) is 7.32. The van der Waals surface area contributed by atoms with Gasteiger partial charge in [0.1, 0.15) is 0 Å². The van der Waals surface area contributed by atoms with Gasteiger partial charge in [-0.15, -0.1) is 0 Å². The molecule has 3 nitrogen and oxygen atoms in total. The number of rotatable bonds is 6. The summed E-state index contributed by atoms with van der Waals surface area (Å²) in [5.74, 6) is 0.760. The van der Waals surface area contributed by atoms with Crippen LogP contribution in [0.2, 0.25) is 0 Å². The van der Waals surface area contributed by atoms with Crippen molar-refractivity contribution in [3.63, 3.8) is 0 Å². The van der Waals surface area contributed by atoms with Crippen molar-refractivity contribution < 1.29 is 5.21 Å². The molecule has 0 aromatic heterocycles. The predicted molar refractivity (Wildman–Crippen MR) is 84.9 cm³/mol. The van der Waals surface area contributed by atoms with E-state index in [0.717, 1.165) is 36.7 Å². The van der Waals surface area contributed by atoms with Gasteiger partial charge in [0.05, 0.1) is 5.71 Å². The van der Waals surface area contributed by atoms with E-state index < -0.39 is 0 Å². The Morgan fingerprint density at radius 3 is 2.80 bits per heavy atom. The maximum atomic E-state index is 9.14. The molecule has 2 rings (SSSR count). The van der Waals surface area contributed by atoms with Crippen LogP contribution in [0.4, 0.5) is 5.69 Å². The average Bonchev–Trinajstić information content (AvgIpc) is 2.51. The molecule has 1 aliphatic rings. The molecule has 1 aliphatic heterocycles. The highest BCUT2D eigenvalue weighted by Gasteiger charge is 2.23. The number of anilines is 1. The van der Waals surface area contributed by atoms with Crippen LogP contribution in [0.5, 0.6) is 0 Å². The van der Waals surface area contributed by atoms with Crippen LogP contribution in [0.1, 0.15) is 51.5 Å². The van der Waals surface area contributed by atoms with E-state index in [9.17, 15) is 0 Å². The highest BCUT2D eigenvalue weighted by molar-refractivity contribution is 6.06. The van der Waals surface area contributed by atoms with Gasteiger partial charge in [-0.05, 0) is 18.4 Å². The van der Waals surface area contributed by atoms with Crippen LogP contribution in [0, 0.1) is 5.92 Å². The Labute approximate surface area is 122 Å². The smallest absolute Gasteiger partial charge is 0.0906 e. The van der Waals surface area contributed by atoms with E-state index in [2.05, 4.69) is 42.1 Å². The number of para-hydroxylation sites is 1. The first-order chi connectivity index (χ1) is 9.80. The molecule has 3 heteroatoms. The third-order valence-electron chi connectivity index (χ3n) is 4.32. The second-order valence-electron chi connectivity index (χ2n) is 5.68. The summed E-state index contributed by atoms with van der Waals surface area (Å²) in [6.45, 7) is 6.62. The minimum absolute atomic E-state index is 0.760. The molecule has 0 spiro atoms. The van der Waals surface area contributed by atoms with E-state index in [-0.39, 0.29) is 0 Å². The zero-order valence-electron chi connectivity index (χ0n) is 12.7. The highest BCUT2D eigenvalue weighted by Crippen LogP contribution is 2.29. The Morgan fingerprint density at radius 1 is 1.30 bits per heavy atom. The number of fused-ring (bicyclic) bond motifs is 1. The number of unbranched alkanes of at least 4 members (excludes halogenated alkanes) is 1. The van der Waals surface area contributed by atoms with E-state index in [1.165, 1.54) is 31.4 Å². The summed E-state index contributed by atoms with van der Waals surface area (Å²) in [6.07, 6.45) is 5.97. The normalized spacial score (nSPS) is 18.1. The molecule has 20 heavy (non-hydrogen) atoms. The van der Waals surface area contributed by atoms with E-state index in [4.69, 9.17) is 5.21 Å². The predicted octanol–water partition coefficient (Wildman–Crippen LogP) is 4.29. The van der Waals surface area contributed by atoms with Gasteiger partial charge in [0.2, 0.25) is 0 Å². The van der Waals surface area contributed by atoms with Crippen molar-refractivity contribution in [1.82, 2.24) is 0 Å². The van der Waals surface area contributed by atoms with Crippen LogP contribution in [-0.2, 0) is 0 Å². The number of benzene rings is 1. The summed E-state index contributed by atoms with van der Waals surface area (Å²) in [7, 11) is 0. The fourth-order valence-corrected chi connectivity index (χ4v) is 3.01. The summed E-state index contributed by atoms with van der Waals surface area (Å²) in [5, 5.41) is 12.6. The standard InChI is InChI=1S/C17H26N2O/c1-3-5-8-14(4-2)13-19-12-11-16(18-20)15-9-6-7-10-17(15)19/h6-7,9-10,14,20H,3-5,8,11-13H2,1-2H3. The molecule has 1 unspecified atom stereocenters. The van der Waals surface area contributed by atoms with Gasteiger partial charge in [0.25, 0.3) is 0 Å². The minimum Gasteiger partial charge on any atom is -0.411 e. The lowest BCUT2D eigenvalue weighted by Gasteiger charge is -2.34. The Morgan fingerprint density at radius 2 is 2.10 bits per heavy atom. The monoisotopic (exact) mass is 274 g/mol. The Bertz CT molecular complexity index is 456. The van der Waals surface area contributed by atoms with Crippen LogP contribution < -0.4 is 4.90 Å². The SMILES string of the molecule is CCCCC(CC)CN1CCC(=NO)c2ccccc21. The molecule has 110 valence electrons. The third-order valence-corrected chi connectivity index (χ3v) is 4.32. The molecule has 0 aliphatic carbocycles. The first-order valence-corrected chi connectivity index (χ1v) is 7.85. The van der Waals surface area contributed by atoms with Gasteiger partial charge in [0, 0.05) is 30.8 Å². The van der Waals surface area contributed by atoms with Gasteiger partial charge < -0.3 is 10.1 Å². The minimum atomic E-state index is 0.760. The molecule has 0 fully saturated rings. The van der Waals surface area contributed by atoms with Gasteiger partial charge in [-0.3, -0.25) is 0 Å². The quantitative estimate of drug-likeness (QED) is 0.620. The van der Waals surface area contributed by atoms with Gasteiger partial charge in [-0.1, -0.05) is 56.5 Å². The van der Waals surface area contributed by atoms with Crippen molar-refractivity contribution in [2.45, 2.75) is 46.0 Å². The summed E-state index contributed by atoms with van der Waals surface area (Å²) < 4.78 is 0. The first kappa shape index (κ1) is 14.9. The summed E-state index contributed by atoms with van der Waals surface area (Å²) in [4.78, 5) is 2.47. The third kappa shape index (κ3) is 3.33. The van der Waals surface area contributed by atoms with Crippen molar-refractivity contribution in [2.75, 3.05) is 18.0 Å². The molecule has 0 bridgehead atoms. The lowest BCUT2D eigenvalue weighted by atomic mass is 9.95. The molecule has 1 atom stereocenters. The van der Waals surface area contributed by atoms with Crippen LogP contribution in [0.15, 0.2) is 29.4 Å². The molecule has 1 aromatic rings. The van der Waals surface area contributed by atoms with Gasteiger partial charge in [-0.25, -0.2) is 0 Å². The average molecular weight is 274 g/mol. The van der Waals surface area contributed by atoms with E-state index >= 15 is 0 Å². The maximum absolute atomic E-state index is 9.14. The number of oxime groups is 1. The second-order valence-corrected chi connectivity index (χ2v) is 5.68. The van der Waals surface area contributed by atoms with E-state index in [0.29, 0.717) is 0 Å². The maximum Gasteiger partial charge on any atom is 0.0906 e. The lowest BCUT2D eigenvalue weighted by Crippen LogP contribution is -2.36. The molecular weight excluding hydrogens is 248 g/mol. The molecule has 0 amide bonds. The van der Waals surface area contributed by atoms with Crippen molar-refractivity contribution in [3.05, 3.63) is 29.8 Å². The molecule has 0 saturated carbocycles. The molecule has 0 radical (unpaired) electrons. The molecular formula is C17H26N2O. The molecule has 0 saturated heterocycles. The van der Waals surface area contributed by atoms with Crippen molar-refractivity contribution >= 4 is 11.4 Å². The zero-order chi connectivity index (χ0) is 14.4. The number of nitrogens with zero attached hydrogens (tertiary/aromatic N) is 2. The lowest BCUT2D eigenvalue weighted by molar-refractivity contribution is 0.317. The van der Waals surface area contributed by atoms with Gasteiger partial charge in [-0.2, -0.15) is 0 Å². The Kier molecular flexibility index (Phi) is 5.45. The van der Waals surface area contributed by atoms with Crippen molar-refractivity contribution in [1.29, 1.82) is 0 Å². The zero-order valence-corrected chi connectivity index (χ0v) is 12.7. The van der Waals surface area contributed by atoms with Crippen LogP contribution in [0.3, 0.4) is 0 Å². The van der Waals surface area contributed by atoms with Gasteiger partial charge >= 0.3 is 0 Å². The topological polar surface area (TPSA) is 35.8 Å². The first-order valence-electron chi connectivity index (χ1n) is 7.85. The fourth-order valence-electron chi connectivity index (χ4n) is 3.01. The fraction of sp³-hybridized carbons (Fsp3) is 0.588. The molecule has 1 N–H and O–H groups in total. The van der Waals surface area contributed by atoms with Crippen LogP contribution >= 0.6 is 0 Å². The van der Waals surface area contributed by atoms with E-state index in [1.54, 1.807) is 0 Å². The summed E-state index contributed by atoms with van der Waals surface area (Å²) >= 11 is 0. The largest absolute Gasteiger partial charge is 0.411 e. The Balaban J connectivity index is 2.13. The summed E-state index contributed by atoms with van der Waals surface area (Å²) in [5.41, 5.74) is 3.13. The molecule has 1 aromatic carbocycles. The Hall–Kier alpha value is -1.51.